The second kappa shape index (κ2) is 5.92. The van der Waals surface area contributed by atoms with Crippen molar-refractivity contribution in [3.8, 4) is 0 Å². The largest absolute Gasteiger partial charge is 0.480 e. The first kappa shape index (κ1) is 15.0. The van der Waals surface area contributed by atoms with Gasteiger partial charge in [0.2, 0.25) is 0 Å². The van der Waals surface area contributed by atoms with E-state index in [4.69, 9.17) is 16.7 Å². The number of H-pyrrole nitrogens is 1. The van der Waals surface area contributed by atoms with Crippen molar-refractivity contribution in [3.05, 3.63) is 34.7 Å². The topological polar surface area (TPSA) is 112 Å². The molecule has 0 aliphatic carbocycles. The molecule has 0 aromatic carbocycles. The highest BCUT2D eigenvalue weighted by atomic mass is 35.5. The maximum atomic E-state index is 12.0. The second-order valence-corrected chi connectivity index (χ2v) is 7.51. The molecule has 0 aliphatic heterocycles. The number of sulfonamides is 1. The van der Waals surface area contributed by atoms with Gasteiger partial charge in [-0.2, -0.15) is 4.72 Å². The highest BCUT2D eigenvalue weighted by Gasteiger charge is 2.27. The maximum Gasteiger partial charge on any atom is 0.322 e. The van der Waals surface area contributed by atoms with Crippen molar-refractivity contribution in [2.75, 3.05) is 0 Å². The van der Waals surface area contributed by atoms with Crippen LogP contribution in [0.15, 0.2) is 28.9 Å². The molecule has 0 radical (unpaired) electrons. The lowest BCUT2D eigenvalue weighted by Gasteiger charge is -2.12. The van der Waals surface area contributed by atoms with Crippen molar-refractivity contribution in [3.63, 3.8) is 0 Å². The van der Waals surface area contributed by atoms with E-state index >= 15 is 0 Å². The van der Waals surface area contributed by atoms with Crippen molar-refractivity contribution in [2.24, 2.45) is 0 Å². The molecule has 2 heterocycles. The Morgan fingerprint density at radius 3 is 2.80 bits per heavy atom. The van der Waals surface area contributed by atoms with Gasteiger partial charge in [0.05, 0.1) is 10.7 Å². The first-order valence-corrected chi connectivity index (χ1v) is 8.04. The number of halogens is 1. The van der Waals surface area contributed by atoms with E-state index in [1.165, 1.54) is 24.7 Å². The molecule has 108 valence electrons. The van der Waals surface area contributed by atoms with E-state index in [-0.39, 0.29) is 10.6 Å². The van der Waals surface area contributed by atoms with Gasteiger partial charge >= 0.3 is 5.97 Å². The molecule has 0 bridgehead atoms. The fourth-order valence-corrected chi connectivity index (χ4v) is 4.17. The minimum Gasteiger partial charge on any atom is -0.480 e. The van der Waals surface area contributed by atoms with Gasteiger partial charge in [0, 0.05) is 18.3 Å². The van der Waals surface area contributed by atoms with Gasteiger partial charge in [0.1, 0.15) is 10.3 Å². The van der Waals surface area contributed by atoms with Gasteiger partial charge in [-0.3, -0.25) is 4.79 Å². The zero-order valence-electron chi connectivity index (χ0n) is 9.91. The van der Waals surface area contributed by atoms with Crippen LogP contribution >= 0.6 is 22.9 Å². The summed E-state index contributed by atoms with van der Waals surface area (Å²) in [6, 6.07) is 1.47. The summed E-state index contributed by atoms with van der Waals surface area (Å²) in [6.45, 7) is 0. The molecule has 10 heteroatoms. The van der Waals surface area contributed by atoms with E-state index in [1.807, 2.05) is 0 Å². The van der Waals surface area contributed by atoms with Gasteiger partial charge in [-0.1, -0.05) is 11.6 Å². The Bertz CT molecular complexity index is 696. The molecule has 3 N–H and O–H groups in total. The van der Waals surface area contributed by atoms with E-state index in [0.717, 1.165) is 11.3 Å². The van der Waals surface area contributed by atoms with Crippen LogP contribution in [0.4, 0.5) is 0 Å². The second-order valence-electron chi connectivity index (χ2n) is 3.85. The van der Waals surface area contributed by atoms with Gasteiger partial charge in [-0.15, -0.1) is 11.3 Å². The SMILES string of the molecule is O=C(O)[C@@H](Cc1cnc[nH]1)NS(=O)(=O)c1ccc(Cl)s1. The third-order valence-corrected chi connectivity index (χ3v) is 5.58. The van der Waals surface area contributed by atoms with Crippen LogP contribution in [-0.4, -0.2) is 35.5 Å². The van der Waals surface area contributed by atoms with E-state index < -0.39 is 22.0 Å². The van der Waals surface area contributed by atoms with E-state index in [2.05, 4.69) is 14.7 Å². The first-order valence-electron chi connectivity index (χ1n) is 5.36. The Labute approximate surface area is 123 Å². The van der Waals surface area contributed by atoms with Gasteiger partial charge in [0.15, 0.2) is 0 Å². The summed E-state index contributed by atoms with van der Waals surface area (Å²) in [7, 11) is -3.92. The van der Waals surface area contributed by atoms with E-state index in [0.29, 0.717) is 10.0 Å². The number of aliphatic carboxylic acids is 1. The number of aromatic nitrogens is 2. The number of carbonyl (C=O) groups is 1. The number of hydrogen-bond acceptors (Lipinski definition) is 5. The molecule has 0 saturated heterocycles. The average molecular weight is 336 g/mol. The Morgan fingerprint density at radius 1 is 1.55 bits per heavy atom. The number of carboxylic acid groups (broad SMARTS) is 1. The van der Waals surface area contributed by atoms with Crippen LogP contribution < -0.4 is 4.72 Å². The van der Waals surface area contributed by atoms with Crippen LogP contribution in [-0.2, 0) is 21.2 Å². The summed E-state index contributed by atoms with van der Waals surface area (Å²) < 4.78 is 26.5. The summed E-state index contributed by atoms with van der Waals surface area (Å²) in [5.41, 5.74) is 0.518. The molecule has 0 aliphatic rings. The third kappa shape index (κ3) is 3.57. The van der Waals surface area contributed by atoms with Crippen molar-refractivity contribution in [1.29, 1.82) is 0 Å². The highest BCUT2D eigenvalue weighted by molar-refractivity contribution is 7.91. The summed E-state index contributed by atoms with van der Waals surface area (Å²) in [5.74, 6) is -1.27. The smallest absolute Gasteiger partial charge is 0.322 e. The first-order chi connectivity index (χ1) is 9.38. The molecular weight excluding hydrogens is 326 g/mol. The van der Waals surface area contributed by atoms with E-state index in [1.54, 1.807) is 0 Å². The number of nitrogens with zero attached hydrogens (tertiary/aromatic N) is 1. The zero-order valence-corrected chi connectivity index (χ0v) is 12.3. The van der Waals surface area contributed by atoms with Gasteiger partial charge in [-0.05, 0) is 12.1 Å². The van der Waals surface area contributed by atoms with E-state index in [9.17, 15) is 13.2 Å². The molecule has 20 heavy (non-hydrogen) atoms. The molecule has 0 saturated carbocycles. The summed E-state index contributed by atoms with van der Waals surface area (Å²) >= 11 is 6.54. The van der Waals surface area contributed by atoms with Crippen molar-refractivity contribution >= 4 is 38.9 Å². The number of aromatic amines is 1. The molecule has 2 rings (SSSR count). The normalized spacial score (nSPS) is 13.2. The van der Waals surface area contributed by atoms with Crippen LogP contribution in [0.2, 0.25) is 4.34 Å². The molecule has 2 aromatic rings. The summed E-state index contributed by atoms with van der Waals surface area (Å²) in [4.78, 5) is 17.6. The molecule has 1 atom stereocenters. The van der Waals surface area contributed by atoms with Crippen LogP contribution in [0, 0.1) is 0 Å². The van der Waals surface area contributed by atoms with Crippen molar-refractivity contribution < 1.29 is 18.3 Å². The van der Waals surface area contributed by atoms with Gasteiger partial charge < -0.3 is 10.1 Å². The Balaban J connectivity index is 2.17. The predicted octanol–water partition coefficient (Wildman–Crippen LogP) is 1.10. The molecular formula is C10H10ClN3O4S2. The molecule has 2 aromatic heterocycles. The molecule has 7 nitrogen and oxygen atoms in total. The molecule has 0 spiro atoms. The third-order valence-electron chi connectivity index (χ3n) is 2.39. The van der Waals surface area contributed by atoms with Crippen LogP contribution in [0.3, 0.4) is 0 Å². The lowest BCUT2D eigenvalue weighted by atomic mass is 10.2. The fourth-order valence-electron chi connectivity index (χ4n) is 1.48. The lowest BCUT2D eigenvalue weighted by Crippen LogP contribution is -2.42. The van der Waals surface area contributed by atoms with Gasteiger partial charge in [0.25, 0.3) is 10.0 Å². The average Bonchev–Trinajstić information content (AvgIpc) is 2.99. The Hall–Kier alpha value is -1.42. The van der Waals surface area contributed by atoms with Crippen LogP contribution in [0.25, 0.3) is 0 Å². The number of hydrogen-bond donors (Lipinski definition) is 3. The summed E-state index contributed by atoms with van der Waals surface area (Å²) in [6.07, 6.45) is 2.79. The minimum atomic E-state index is -3.92. The maximum absolute atomic E-state index is 12.0. The Kier molecular flexibility index (Phi) is 4.43. The Morgan fingerprint density at radius 2 is 2.30 bits per heavy atom. The number of thiophene rings is 1. The quantitative estimate of drug-likeness (QED) is 0.731. The number of imidazole rings is 1. The van der Waals surface area contributed by atoms with Gasteiger partial charge in [-0.25, -0.2) is 13.4 Å². The monoisotopic (exact) mass is 335 g/mol. The molecule has 0 fully saturated rings. The standard InChI is InChI=1S/C10H10ClN3O4S2/c11-8-1-2-9(19-8)20(17,18)14-7(10(15)16)3-6-4-12-5-13-6/h1-2,4-5,7,14H,3H2,(H,12,13)(H,15,16)/t7-/m1/s1. The van der Waals surface area contributed by atoms with Crippen molar-refractivity contribution in [1.82, 2.24) is 14.7 Å². The number of carboxylic acids is 1. The number of rotatable bonds is 6. The molecule has 0 amide bonds. The highest BCUT2D eigenvalue weighted by Crippen LogP contribution is 2.25. The predicted molar refractivity (Wildman–Crippen MR) is 73.4 cm³/mol. The van der Waals surface area contributed by atoms with Crippen LogP contribution in [0.5, 0.6) is 0 Å². The molecule has 0 unspecified atom stereocenters. The summed E-state index contributed by atoms with van der Waals surface area (Å²) in [5, 5.41) is 9.10. The zero-order chi connectivity index (χ0) is 14.8. The minimum absolute atomic E-state index is 0.0293. The fraction of sp³-hybridized carbons (Fsp3) is 0.200. The van der Waals surface area contributed by atoms with Crippen LogP contribution in [0.1, 0.15) is 5.69 Å². The number of nitrogens with one attached hydrogen (secondary N) is 2. The lowest BCUT2D eigenvalue weighted by molar-refractivity contribution is -0.138. The van der Waals surface area contributed by atoms with Crippen molar-refractivity contribution in [2.45, 2.75) is 16.7 Å².